The van der Waals surface area contributed by atoms with Gasteiger partial charge in [-0.05, 0) is 62.4 Å². The van der Waals surface area contributed by atoms with Crippen molar-refractivity contribution in [1.82, 2.24) is 0 Å². The van der Waals surface area contributed by atoms with Crippen LogP contribution >= 0.6 is 23.5 Å². The molecule has 0 saturated heterocycles. The largest absolute Gasteiger partial charge is 0.245 e. The average Bonchev–Trinajstić information content (AvgIpc) is 2.65. The van der Waals surface area contributed by atoms with Crippen LogP contribution in [0.15, 0.2) is 93.6 Å². The molecule has 1 atom stereocenters. The summed E-state index contributed by atoms with van der Waals surface area (Å²) in [7, 11) is 0. The van der Waals surface area contributed by atoms with E-state index >= 15 is 0 Å². The van der Waals surface area contributed by atoms with Crippen LogP contribution in [-0.4, -0.2) is 10.3 Å². The maximum Gasteiger partial charge on any atom is 0.123 e. The van der Waals surface area contributed by atoms with Crippen LogP contribution in [0.5, 0.6) is 0 Å². The Morgan fingerprint density at radius 2 is 1.50 bits per heavy atom. The van der Waals surface area contributed by atoms with E-state index in [1.807, 2.05) is 42.5 Å². The molecule has 3 aromatic carbocycles. The molecule has 0 spiro atoms. The van der Waals surface area contributed by atoms with Crippen molar-refractivity contribution in [2.45, 2.75) is 28.9 Å². The highest BCUT2D eigenvalue weighted by Crippen LogP contribution is 2.32. The number of aryl methyl sites for hydroxylation is 1. The van der Waals surface area contributed by atoms with Gasteiger partial charge in [0.2, 0.25) is 0 Å². The van der Waals surface area contributed by atoms with Gasteiger partial charge in [-0.3, -0.25) is 0 Å². The minimum absolute atomic E-state index is 0.145. The second-order valence-corrected chi connectivity index (χ2v) is 8.42. The SMILES string of the molecule is Cc1ccc(N=C(Sc2ccccc2)C(C)Sc2ccc(F)cc2)cc1. The summed E-state index contributed by atoms with van der Waals surface area (Å²) in [6, 6.07) is 25.1. The summed E-state index contributed by atoms with van der Waals surface area (Å²) < 4.78 is 13.2. The van der Waals surface area contributed by atoms with Crippen molar-refractivity contribution < 1.29 is 4.39 Å². The zero-order valence-corrected chi connectivity index (χ0v) is 16.4. The van der Waals surface area contributed by atoms with E-state index in [2.05, 4.69) is 38.1 Å². The Bertz CT molecular complexity index is 859. The minimum Gasteiger partial charge on any atom is -0.245 e. The lowest BCUT2D eigenvalue weighted by Gasteiger charge is -2.15. The second-order valence-electron chi connectivity index (χ2n) is 5.91. The van der Waals surface area contributed by atoms with Gasteiger partial charge in [0.05, 0.1) is 16.0 Å². The molecule has 132 valence electrons. The summed E-state index contributed by atoms with van der Waals surface area (Å²) in [5.41, 5.74) is 2.16. The molecule has 0 fully saturated rings. The van der Waals surface area contributed by atoms with Crippen molar-refractivity contribution in [3.63, 3.8) is 0 Å². The molecule has 0 saturated carbocycles. The first-order chi connectivity index (χ1) is 12.6. The predicted octanol–water partition coefficient (Wildman–Crippen LogP) is 7.14. The van der Waals surface area contributed by atoms with Gasteiger partial charge < -0.3 is 0 Å². The molecule has 0 amide bonds. The van der Waals surface area contributed by atoms with Crippen LogP contribution in [0.25, 0.3) is 0 Å². The van der Waals surface area contributed by atoms with E-state index in [0.717, 1.165) is 20.5 Å². The number of nitrogens with zero attached hydrogens (tertiary/aromatic N) is 1. The molecule has 3 aromatic rings. The van der Waals surface area contributed by atoms with E-state index in [9.17, 15) is 4.39 Å². The molecule has 0 radical (unpaired) electrons. The van der Waals surface area contributed by atoms with Crippen LogP contribution in [0.2, 0.25) is 0 Å². The molecule has 1 unspecified atom stereocenters. The quantitative estimate of drug-likeness (QED) is 0.264. The van der Waals surface area contributed by atoms with Gasteiger partial charge in [-0.25, -0.2) is 9.38 Å². The first-order valence-electron chi connectivity index (χ1n) is 8.40. The van der Waals surface area contributed by atoms with E-state index < -0.39 is 0 Å². The molecule has 0 heterocycles. The number of thioether (sulfide) groups is 2. The van der Waals surface area contributed by atoms with Crippen molar-refractivity contribution in [3.05, 3.63) is 90.2 Å². The summed E-state index contributed by atoms with van der Waals surface area (Å²) in [4.78, 5) is 7.08. The van der Waals surface area contributed by atoms with E-state index in [1.54, 1.807) is 23.5 Å². The van der Waals surface area contributed by atoms with Crippen LogP contribution < -0.4 is 0 Å². The highest BCUT2D eigenvalue weighted by Gasteiger charge is 2.15. The van der Waals surface area contributed by atoms with Crippen molar-refractivity contribution in [2.75, 3.05) is 0 Å². The van der Waals surface area contributed by atoms with Crippen molar-refractivity contribution >= 4 is 34.3 Å². The lowest BCUT2D eigenvalue weighted by atomic mass is 10.2. The molecule has 0 bridgehead atoms. The summed E-state index contributed by atoms with van der Waals surface area (Å²) in [5.74, 6) is -0.214. The Kier molecular flexibility index (Phi) is 6.53. The molecular weight excluding hydrogens is 361 g/mol. The third-order valence-electron chi connectivity index (χ3n) is 3.71. The molecule has 3 rings (SSSR count). The maximum atomic E-state index is 13.2. The summed E-state index contributed by atoms with van der Waals surface area (Å²) in [6.07, 6.45) is 0. The Balaban J connectivity index is 1.85. The van der Waals surface area contributed by atoms with Crippen molar-refractivity contribution in [1.29, 1.82) is 0 Å². The number of aliphatic imine (C=N–C) groups is 1. The van der Waals surface area contributed by atoms with Gasteiger partial charge >= 0.3 is 0 Å². The molecule has 26 heavy (non-hydrogen) atoms. The van der Waals surface area contributed by atoms with Crippen LogP contribution in [0.3, 0.4) is 0 Å². The fraction of sp³-hybridized carbons (Fsp3) is 0.136. The zero-order valence-electron chi connectivity index (χ0n) is 14.7. The van der Waals surface area contributed by atoms with E-state index in [1.165, 1.54) is 17.7 Å². The molecule has 0 N–H and O–H groups in total. The monoisotopic (exact) mass is 381 g/mol. The van der Waals surface area contributed by atoms with Crippen LogP contribution in [-0.2, 0) is 0 Å². The van der Waals surface area contributed by atoms with Gasteiger partial charge in [-0.15, -0.1) is 11.8 Å². The predicted molar refractivity (Wildman–Crippen MR) is 112 cm³/mol. The minimum atomic E-state index is -0.214. The van der Waals surface area contributed by atoms with E-state index in [4.69, 9.17) is 4.99 Å². The van der Waals surface area contributed by atoms with Gasteiger partial charge in [0.25, 0.3) is 0 Å². The van der Waals surface area contributed by atoms with Gasteiger partial charge in [0, 0.05) is 9.79 Å². The highest BCUT2D eigenvalue weighted by molar-refractivity contribution is 8.16. The van der Waals surface area contributed by atoms with Crippen LogP contribution in [0.1, 0.15) is 12.5 Å². The van der Waals surface area contributed by atoms with Gasteiger partial charge in [-0.2, -0.15) is 0 Å². The number of rotatable bonds is 5. The fourth-order valence-electron chi connectivity index (χ4n) is 2.32. The topological polar surface area (TPSA) is 12.4 Å². The number of benzene rings is 3. The molecule has 4 heteroatoms. The highest BCUT2D eigenvalue weighted by atomic mass is 32.2. The molecule has 0 aromatic heterocycles. The Morgan fingerprint density at radius 3 is 2.15 bits per heavy atom. The summed E-state index contributed by atoms with van der Waals surface area (Å²) >= 11 is 3.36. The number of hydrogen-bond acceptors (Lipinski definition) is 3. The Labute approximate surface area is 162 Å². The molecule has 0 aliphatic heterocycles. The smallest absolute Gasteiger partial charge is 0.123 e. The molecular formula is C22H20FNS2. The van der Waals surface area contributed by atoms with Crippen LogP contribution in [0.4, 0.5) is 10.1 Å². The van der Waals surface area contributed by atoms with Gasteiger partial charge in [0.1, 0.15) is 5.82 Å². The zero-order chi connectivity index (χ0) is 18.4. The van der Waals surface area contributed by atoms with Crippen molar-refractivity contribution in [2.24, 2.45) is 4.99 Å². The Hall–Kier alpha value is -2.04. The molecule has 1 nitrogen and oxygen atoms in total. The average molecular weight is 382 g/mol. The first-order valence-corrected chi connectivity index (χ1v) is 10.1. The second kappa shape index (κ2) is 9.06. The number of hydrogen-bond donors (Lipinski definition) is 0. The fourth-order valence-corrected chi connectivity index (χ4v) is 4.32. The van der Waals surface area contributed by atoms with Crippen molar-refractivity contribution in [3.8, 4) is 0 Å². The van der Waals surface area contributed by atoms with E-state index in [0.29, 0.717) is 0 Å². The standard InChI is InChI=1S/C22H20FNS2/c1-16-8-12-19(13-9-16)24-22(26-20-6-4-3-5-7-20)17(2)25-21-14-10-18(23)11-15-21/h3-15,17H,1-2H3. The normalized spacial score (nSPS) is 12.8. The van der Waals surface area contributed by atoms with Gasteiger partial charge in [0.15, 0.2) is 0 Å². The Morgan fingerprint density at radius 1 is 0.846 bits per heavy atom. The summed E-state index contributed by atoms with van der Waals surface area (Å²) in [6.45, 7) is 4.21. The lowest BCUT2D eigenvalue weighted by molar-refractivity contribution is 0.626. The van der Waals surface area contributed by atoms with Gasteiger partial charge in [-0.1, -0.05) is 47.7 Å². The third-order valence-corrected chi connectivity index (χ3v) is 6.15. The molecule has 0 aliphatic rings. The third kappa shape index (κ3) is 5.48. The maximum absolute atomic E-state index is 13.2. The summed E-state index contributed by atoms with van der Waals surface area (Å²) in [5, 5.41) is 1.17. The van der Waals surface area contributed by atoms with E-state index in [-0.39, 0.29) is 11.1 Å². The number of halogens is 1. The van der Waals surface area contributed by atoms with Crippen LogP contribution in [0, 0.1) is 12.7 Å². The molecule has 0 aliphatic carbocycles. The first kappa shape index (κ1) is 18.7. The lowest BCUT2D eigenvalue weighted by Crippen LogP contribution is -2.09.